The predicted molar refractivity (Wildman–Crippen MR) is 111 cm³/mol. The minimum Gasteiger partial charge on any atom is -0.462 e. The van der Waals surface area contributed by atoms with E-state index in [2.05, 4.69) is 11.1 Å². The molecule has 1 spiro atoms. The van der Waals surface area contributed by atoms with Crippen LogP contribution in [0.15, 0.2) is 48.7 Å². The standard InChI is InChI=1S/C22H20ClN3O3/c23-19-17(5-3-14-2-1-9-25-20(14)19)15-4-6-18-16(12-15)13-28-22(29-18)7-10-26(11-8-22)21(24)27/h1-6,9,12H,7-8,10-11,13H2,(H2,24,27). The third-order valence-corrected chi connectivity index (χ3v) is 6.09. The number of primary amides is 1. The van der Waals surface area contributed by atoms with E-state index < -0.39 is 11.8 Å². The van der Waals surface area contributed by atoms with E-state index in [1.54, 1.807) is 11.1 Å². The molecule has 2 amide bonds. The summed E-state index contributed by atoms with van der Waals surface area (Å²) in [4.78, 5) is 17.4. The summed E-state index contributed by atoms with van der Waals surface area (Å²) in [6.07, 6.45) is 2.94. The molecule has 0 aliphatic carbocycles. The van der Waals surface area contributed by atoms with Gasteiger partial charge in [-0.05, 0) is 23.8 Å². The van der Waals surface area contributed by atoms with Crippen LogP contribution in [0, 0.1) is 0 Å². The number of piperidine rings is 1. The predicted octanol–water partition coefficient (Wildman–Crippen LogP) is 4.34. The minimum atomic E-state index is -0.690. The van der Waals surface area contributed by atoms with Gasteiger partial charge < -0.3 is 20.1 Å². The molecule has 3 heterocycles. The quantitative estimate of drug-likeness (QED) is 0.648. The number of carbonyl (C=O) groups excluding carboxylic acids is 1. The van der Waals surface area contributed by atoms with Gasteiger partial charge in [0.25, 0.3) is 0 Å². The fourth-order valence-corrected chi connectivity index (χ4v) is 4.38. The van der Waals surface area contributed by atoms with Crippen molar-refractivity contribution in [2.24, 2.45) is 5.73 Å². The van der Waals surface area contributed by atoms with Crippen LogP contribution >= 0.6 is 11.6 Å². The topological polar surface area (TPSA) is 77.7 Å². The van der Waals surface area contributed by atoms with E-state index in [9.17, 15) is 4.79 Å². The number of urea groups is 1. The van der Waals surface area contributed by atoms with E-state index in [1.807, 2.05) is 36.4 Å². The molecule has 0 bridgehead atoms. The van der Waals surface area contributed by atoms with Gasteiger partial charge in [0.1, 0.15) is 5.75 Å². The molecule has 148 valence electrons. The van der Waals surface area contributed by atoms with Gasteiger partial charge in [0, 0.05) is 48.6 Å². The zero-order valence-electron chi connectivity index (χ0n) is 15.7. The van der Waals surface area contributed by atoms with Gasteiger partial charge >= 0.3 is 6.03 Å². The van der Waals surface area contributed by atoms with Gasteiger partial charge in [0.15, 0.2) is 0 Å². The Morgan fingerprint density at radius 2 is 2.00 bits per heavy atom. The zero-order valence-corrected chi connectivity index (χ0v) is 16.5. The summed E-state index contributed by atoms with van der Waals surface area (Å²) < 4.78 is 12.3. The van der Waals surface area contributed by atoms with Crippen molar-refractivity contribution in [3.05, 3.63) is 59.2 Å². The zero-order chi connectivity index (χ0) is 20.0. The number of halogens is 1. The molecule has 1 fully saturated rings. The number of nitrogens with two attached hydrogens (primary N) is 1. The molecule has 0 atom stereocenters. The molecule has 6 nitrogen and oxygen atoms in total. The maximum absolute atomic E-state index is 11.4. The molecule has 0 unspecified atom stereocenters. The van der Waals surface area contributed by atoms with Crippen molar-refractivity contribution in [2.45, 2.75) is 25.2 Å². The highest BCUT2D eigenvalue weighted by Crippen LogP contribution is 2.40. The molecule has 1 aromatic heterocycles. The lowest BCUT2D eigenvalue weighted by molar-refractivity contribution is -0.225. The van der Waals surface area contributed by atoms with Crippen LogP contribution in [0.1, 0.15) is 18.4 Å². The second-order valence-corrected chi connectivity index (χ2v) is 7.83. The van der Waals surface area contributed by atoms with Crippen molar-refractivity contribution >= 4 is 28.5 Å². The monoisotopic (exact) mass is 409 g/mol. The highest BCUT2D eigenvalue weighted by molar-refractivity contribution is 6.37. The molecular formula is C22H20ClN3O3. The molecule has 29 heavy (non-hydrogen) atoms. The third-order valence-electron chi connectivity index (χ3n) is 5.71. The lowest BCUT2D eigenvalue weighted by Gasteiger charge is -2.43. The SMILES string of the molecule is NC(=O)N1CCC2(CC1)OCc1cc(-c3ccc4cccnc4c3Cl)ccc1O2. The van der Waals surface area contributed by atoms with Crippen molar-refractivity contribution in [2.75, 3.05) is 13.1 Å². The Hall–Kier alpha value is -2.83. The number of hydrogen-bond acceptors (Lipinski definition) is 4. The molecule has 5 rings (SSSR count). The number of nitrogens with zero attached hydrogens (tertiary/aromatic N) is 2. The van der Waals surface area contributed by atoms with Crippen LogP contribution in [0.3, 0.4) is 0 Å². The molecule has 3 aromatic rings. The highest BCUT2D eigenvalue weighted by atomic mass is 35.5. The molecule has 0 saturated carbocycles. The van der Waals surface area contributed by atoms with Gasteiger partial charge in [-0.2, -0.15) is 0 Å². The number of benzene rings is 2. The summed E-state index contributed by atoms with van der Waals surface area (Å²) in [6, 6.07) is 13.6. The summed E-state index contributed by atoms with van der Waals surface area (Å²) in [6.45, 7) is 1.51. The Kier molecular flexibility index (Phi) is 4.33. The molecule has 0 radical (unpaired) electrons. The highest BCUT2D eigenvalue weighted by Gasteiger charge is 2.41. The fourth-order valence-electron chi connectivity index (χ4n) is 4.05. The number of hydrogen-bond donors (Lipinski definition) is 1. The van der Waals surface area contributed by atoms with Crippen LogP contribution < -0.4 is 10.5 Å². The average molecular weight is 410 g/mol. The van der Waals surface area contributed by atoms with Crippen molar-refractivity contribution in [3.63, 3.8) is 0 Å². The van der Waals surface area contributed by atoms with E-state index in [0.29, 0.717) is 37.6 Å². The van der Waals surface area contributed by atoms with Crippen molar-refractivity contribution in [1.29, 1.82) is 0 Å². The number of aromatic nitrogens is 1. The van der Waals surface area contributed by atoms with Crippen LogP contribution in [-0.4, -0.2) is 34.8 Å². The Balaban J connectivity index is 1.42. The smallest absolute Gasteiger partial charge is 0.314 e. The fraction of sp³-hybridized carbons (Fsp3) is 0.273. The summed E-state index contributed by atoms with van der Waals surface area (Å²) in [7, 11) is 0. The number of ether oxygens (including phenoxy) is 2. The van der Waals surface area contributed by atoms with Crippen molar-refractivity contribution in [1.82, 2.24) is 9.88 Å². The van der Waals surface area contributed by atoms with E-state index in [0.717, 1.165) is 33.3 Å². The first-order valence-electron chi connectivity index (χ1n) is 9.59. The van der Waals surface area contributed by atoms with Gasteiger partial charge in [-0.3, -0.25) is 4.98 Å². The molecular weight excluding hydrogens is 390 g/mol. The first kappa shape index (κ1) is 18.2. The lowest BCUT2D eigenvalue weighted by atomic mass is 9.98. The maximum Gasteiger partial charge on any atom is 0.314 e. The second-order valence-electron chi connectivity index (χ2n) is 7.45. The van der Waals surface area contributed by atoms with E-state index >= 15 is 0 Å². The number of fused-ring (bicyclic) bond motifs is 2. The average Bonchev–Trinajstić information content (AvgIpc) is 2.74. The third kappa shape index (κ3) is 3.18. The summed E-state index contributed by atoms with van der Waals surface area (Å²) in [5, 5.41) is 1.64. The van der Waals surface area contributed by atoms with Crippen molar-refractivity contribution in [3.8, 4) is 16.9 Å². The van der Waals surface area contributed by atoms with Crippen LogP contribution in [-0.2, 0) is 11.3 Å². The number of pyridine rings is 1. The van der Waals surface area contributed by atoms with Gasteiger partial charge in [-0.15, -0.1) is 0 Å². The van der Waals surface area contributed by atoms with Gasteiger partial charge in [0.2, 0.25) is 5.79 Å². The molecule has 1 saturated heterocycles. The number of likely N-dealkylation sites (tertiary alicyclic amines) is 1. The van der Waals surface area contributed by atoms with Crippen LogP contribution in [0.5, 0.6) is 5.75 Å². The number of amides is 2. The molecule has 2 aliphatic heterocycles. The van der Waals surface area contributed by atoms with E-state index in [4.69, 9.17) is 26.8 Å². The summed E-state index contributed by atoms with van der Waals surface area (Å²) in [5.74, 6) is 0.118. The maximum atomic E-state index is 11.4. The molecule has 2 aliphatic rings. The normalized spacial score (nSPS) is 17.8. The number of carbonyl (C=O) groups is 1. The van der Waals surface area contributed by atoms with Gasteiger partial charge in [0.05, 0.1) is 17.1 Å². The van der Waals surface area contributed by atoms with Crippen LogP contribution in [0.4, 0.5) is 4.79 Å². The summed E-state index contributed by atoms with van der Waals surface area (Å²) in [5.41, 5.74) is 9.05. The lowest BCUT2D eigenvalue weighted by Crippen LogP contribution is -2.53. The largest absolute Gasteiger partial charge is 0.462 e. The van der Waals surface area contributed by atoms with Gasteiger partial charge in [-0.1, -0.05) is 35.9 Å². The van der Waals surface area contributed by atoms with E-state index in [-0.39, 0.29) is 0 Å². The van der Waals surface area contributed by atoms with Gasteiger partial charge in [-0.25, -0.2) is 4.79 Å². The molecule has 7 heteroatoms. The Morgan fingerprint density at radius 3 is 2.79 bits per heavy atom. The minimum absolute atomic E-state index is 0.401. The first-order valence-corrected chi connectivity index (χ1v) is 9.96. The molecule has 2 N–H and O–H groups in total. The summed E-state index contributed by atoms with van der Waals surface area (Å²) >= 11 is 6.65. The van der Waals surface area contributed by atoms with E-state index in [1.165, 1.54) is 0 Å². The molecule has 2 aromatic carbocycles. The van der Waals surface area contributed by atoms with Crippen LogP contribution in [0.2, 0.25) is 5.02 Å². The Morgan fingerprint density at radius 1 is 1.17 bits per heavy atom. The van der Waals surface area contributed by atoms with Crippen molar-refractivity contribution < 1.29 is 14.3 Å². The van der Waals surface area contributed by atoms with Crippen LogP contribution in [0.25, 0.3) is 22.0 Å². The number of rotatable bonds is 1. The Labute approximate surface area is 173 Å². The first-order chi connectivity index (χ1) is 14.0. The Bertz CT molecular complexity index is 1110. The second kappa shape index (κ2) is 6.90.